The van der Waals surface area contributed by atoms with Gasteiger partial charge in [0, 0.05) is 43.5 Å². The molecule has 150 valence electrons. The number of benzene rings is 1. The zero-order valence-electron chi connectivity index (χ0n) is 15.9. The number of amides is 4. The summed E-state index contributed by atoms with van der Waals surface area (Å²) in [7, 11) is 0. The van der Waals surface area contributed by atoms with Gasteiger partial charge in [-0.2, -0.15) is 0 Å². The molecule has 0 spiro atoms. The monoisotopic (exact) mass is 386 g/mol. The Morgan fingerprint density at radius 1 is 1.07 bits per heavy atom. The minimum absolute atomic E-state index is 0.0138. The fourth-order valence-electron chi connectivity index (χ4n) is 4.14. The number of nitrogens with zero attached hydrogens (tertiary/aromatic N) is 3. The predicted molar refractivity (Wildman–Crippen MR) is 103 cm³/mol. The number of anilines is 1. The van der Waals surface area contributed by atoms with Crippen LogP contribution in [0.4, 0.5) is 10.5 Å². The zero-order valence-corrected chi connectivity index (χ0v) is 15.9. The van der Waals surface area contributed by atoms with E-state index in [0.29, 0.717) is 11.3 Å². The number of hydrogen-bond acceptors (Lipinski definition) is 5. The minimum Gasteiger partial charge on any atom is -0.379 e. The Balaban J connectivity index is 1.44. The van der Waals surface area contributed by atoms with Crippen molar-refractivity contribution in [3.05, 3.63) is 29.8 Å². The van der Waals surface area contributed by atoms with Gasteiger partial charge in [-0.25, -0.2) is 4.79 Å². The van der Waals surface area contributed by atoms with E-state index in [4.69, 9.17) is 4.74 Å². The van der Waals surface area contributed by atoms with Crippen molar-refractivity contribution in [3.63, 3.8) is 0 Å². The molecule has 8 nitrogen and oxygen atoms in total. The summed E-state index contributed by atoms with van der Waals surface area (Å²) in [5, 5.41) is 2.26. The molecule has 3 saturated heterocycles. The Bertz CT molecular complexity index is 745. The highest BCUT2D eigenvalue weighted by Crippen LogP contribution is 2.23. The van der Waals surface area contributed by atoms with Gasteiger partial charge in [0.1, 0.15) is 6.54 Å². The first-order valence-corrected chi connectivity index (χ1v) is 9.94. The maximum absolute atomic E-state index is 13.1. The summed E-state index contributed by atoms with van der Waals surface area (Å²) >= 11 is 0. The maximum atomic E-state index is 13.1. The number of likely N-dealkylation sites (tertiary alicyclic amines) is 1. The molecule has 1 atom stereocenters. The van der Waals surface area contributed by atoms with Crippen LogP contribution in [0.5, 0.6) is 0 Å². The van der Waals surface area contributed by atoms with Gasteiger partial charge in [0.25, 0.3) is 5.91 Å². The lowest BCUT2D eigenvalue weighted by Crippen LogP contribution is -2.51. The summed E-state index contributed by atoms with van der Waals surface area (Å²) in [5.41, 5.74) is 1.23. The number of morpholine rings is 1. The number of carbonyl (C=O) groups excluding carboxylic acids is 3. The molecule has 3 aliphatic rings. The Morgan fingerprint density at radius 3 is 2.50 bits per heavy atom. The molecule has 4 amide bonds. The van der Waals surface area contributed by atoms with E-state index in [1.807, 2.05) is 4.90 Å². The fourth-order valence-corrected chi connectivity index (χ4v) is 4.14. The summed E-state index contributed by atoms with van der Waals surface area (Å²) in [6.45, 7) is 5.04. The van der Waals surface area contributed by atoms with Gasteiger partial charge in [0.2, 0.25) is 5.91 Å². The van der Waals surface area contributed by atoms with Crippen molar-refractivity contribution in [3.8, 4) is 0 Å². The van der Waals surface area contributed by atoms with Crippen LogP contribution in [0.3, 0.4) is 0 Å². The molecule has 1 aromatic rings. The summed E-state index contributed by atoms with van der Waals surface area (Å²) in [6.07, 6.45) is 3.20. The van der Waals surface area contributed by atoms with Crippen LogP contribution in [0.1, 0.15) is 29.6 Å². The molecule has 1 N–H and O–H groups in total. The standard InChI is InChI=1S/C20H26N4O4/c25-18-14-24(20(27)21-18)16-6-4-15(5-7-16)19(26)23-8-2-1-3-17(23)13-22-9-11-28-12-10-22/h4-7,17H,1-3,8-14H2,(H,21,25,27)/t17-/m0/s1. The molecule has 3 aliphatic heterocycles. The van der Waals surface area contributed by atoms with E-state index in [1.165, 1.54) is 4.90 Å². The lowest BCUT2D eigenvalue weighted by molar-refractivity contribution is -0.117. The summed E-state index contributed by atoms with van der Waals surface area (Å²) in [5.74, 6) is -0.282. The first-order valence-electron chi connectivity index (χ1n) is 9.94. The first kappa shape index (κ1) is 18.9. The quantitative estimate of drug-likeness (QED) is 0.783. The SMILES string of the molecule is O=C1CN(c2ccc(C(=O)N3CCCC[C@H]3CN3CCOCC3)cc2)C(=O)N1. The summed E-state index contributed by atoms with van der Waals surface area (Å²) < 4.78 is 5.42. The van der Waals surface area contributed by atoms with Gasteiger partial charge in [-0.05, 0) is 43.5 Å². The Hall–Kier alpha value is -2.45. The molecule has 0 radical (unpaired) electrons. The minimum atomic E-state index is -0.425. The van der Waals surface area contributed by atoms with Crippen molar-refractivity contribution in [1.29, 1.82) is 0 Å². The van der Waals surface area contributed by atoms with Crippen molar-refractivity contribution in [1.82, 2.24) is 15.1 Å². The van der Waals surface area contributed by atoms with Crippen LogP contribution in [0, 0.1) is 0 Å². The van der Waals surface area contributed by atoms with Crippen LogP contribution in [0.15, 0.2) is 24.3 Å². The van der Waals surface area contributed by atoms with Crippen LogP contribution in [-0.4, -0.2) is 79.6 Å². The molecule has 28 heavy (non-hydrogen) atoms. The molecular formula is C20H26N4O4. The number of imide groups is 1. The zero-order chi connectivity index (χ0) is 19.5. The number of urea groups is 1. The molecule has 4 rings (SSSR count). The lowest BCUT2D eigenvalue weighted by Gasteiger charge is -2.39. The molecule has 8 heteroatoms. The van der Waals surface area contributed by atoms with E-state index in [1.54, 1.807) is 24.3 Å². The largest absolute Gasteiger partial charge is 0.379 e. The highest BCUT2D eigenvalue weighted by atomic mass is 16.5. The van der Waals surface area contributed by atoms with E-state index in [0.717, 1.165) is 58.7 Å². The van der Waals surface area contributed by atoms with Gasteiger partial charge in [-0.3, -0.25) is 24.7 Å². The number of rotatable bonds is 4. The summed E-state index contributed by atoms with van der Waals surface area (Å²) in [6, 6.07) is 6.74. The molecule has 0 aliphatic carbocycles. The number of piperidine rings is 1. The lowest BCUT2D eigenvalue weighted by atomic mass is 10.00. The number of hydrogen-bond donors (Lipinski definition) is 1. The van der Waals surface area contributed by atoms with E-state index in [-0.39, 0.29) is 24.4 Å². The second-order valence-electron chi connectivity index (χ2n) is 7.55. The van der Waals surface area contributed by atoms with Crippen LogP contribution >= 0.6 is 0 Å². The molecule has 0 unspecified atom stereocenters. The third-order valence-electron chi connectivity index (χ3n) is 5.68. The van der Waals surface area contributed by atoms with Gasteiger partial charge in [-0.1, -0.05) is 0 Å². The average molecular weight is 386 g/mol. The van der Waals surface area contributed by atoms with Gasteiger partial charge in [0.05, 0.1) is 13.2 Å². The number of ether oxygens (including phenoxy) is 1. The van der Waals surface area contributed by atoms with E-state index >= 15 is 0 Å². The molecule has 0 aromatic heterocycles. The molecule has 3 heterocycles. The van der Waals surface area contributed by atoms with Gasteiger partial charge >= 0.3 is 6.03 Å². The second kappa shape index (κ2) is 8.28. The summed E-state index contributed by atoms with van der Waals surface area (Å²) in [4.78, 5) is 42.1. The fraction of sp³-hybridized carbons (Fsp3) is 0.550. The van der Waals surface area contributed by atoms with Gasteiger partial charge in [0.15, 0.2) is 0 Å². The third kappa shape index (κ3) is 4.02. The molecule has 3 fully saturated rings. The molecule has 1 aromatic carbocycles. The predicted octanol–water partition coefficient (Wildman–Crippen LogP) is 1.07. The van der Waals surface area contributed by atoms with E-state index < -0.39 is 6.03 Å². The van der Waals surface area contributed by atoms with Crippen molar-refractivity contribution in [2.45, 2.75) is 25.3 Å². The van der Waals surface area contributed by atoms with E-state index in [9.17, 15) is 14.4 Å². The van der Waals surface area contributed by atoms with Crippen LogP contribution in [-0.2, 0) is 9.53 Å². The van der Waals surface area contributed by atoms with Gasteiger partial charge in [-0.15, -0.1) is 0 Å². The highest BCUT2D eigenvalue weighted by Gasteiger charge is 2.31. The van der Waals surface area contributed by atoms with Crippen molar-refractivity contribution in [2.24, 2.45) is 0 Å². The molecular weight excluding hydrogens is 360 g/mol. The van der Waals surface area contributed by atoms with Crippen molar-refractivity contribution < 1.29 is 19.1 Å². The Labute approximate surface area is 164 Å². The van der Waals surface area contributed by atoms with Gasteiger partial charge < -0.3 is 9.64 Å². The topological polar surface area (TPSA) is 82.2 Å². The van der Waals surface area contributed by atoms with Crippen molar-refractivity contribution >= 4 is 23.5 Å². The van der Waals surface area contributed by atoms with E-state index in [2.05, 4.69) is 10.2 Å². The highest BCUT2D eigenvalue weighted by molar-refractivity contribution is 6.12. The average Bonchev–Trinajstić information content (AvgIpc) is 3.07. The van der Waals surface area contributed by atoms with Crippen LogP contribution < -0.4 is 10.2 Å². The van der Waals surface area contributed by atoms with Crippen molar-refractivity contribution in [2.75, 3.05) is 50.8 Å². The Morgan fingerprint density at radius 2 is 1.82 bits per heavy atom. The second-order valence-corrected chi connectivity index (χ2v) is 7.55. The third-order valence-corrected chi connectivity index (χ3v) is 5.68. The number of carbonyl (C=O) groups is 3. The first-order chi connectivity index (χ1) is 13.6. The molecule has 0 saturated carbocycles. The molecule has 0 bridgehead atoms. The Kier molecular flexibility index (Phi) is 5.59. The van der Waals surface area contributed by atoms with Crippen LogP contribution in [0.2, 0.25) is 0 Å². The number of nitrogens with one attached hydrogen (secondary N) is 1. The maximum Gasteiger partial charge on any atom is 0.329 e. The van der Waals surface area contributed by atoms with Crippen LogP contribution in [0.25, 0.3) is 0 Å². The normalized spacial score (nSPS) is 23.8. The smallest absolute Gasteiger partial charge is 0.329 e.